The van der Waals surface area contributed by atoms with Crippen molar-refractivity contribution in [3.63, 3.8) is 0 Å². The standard InChI is InChI=1S/C57H93N19O15/c1-30(2)23-38(71-49(83)36(17-9-11-21-59)69-48(82)35(16-8-10-20-58)68-47(81)34(60)15-12-22-66-57(63)64)51(85)70-37(18-19-43(61)77)50(84)73-41(27-45(79)80)54(88)76-46(31(3)4)55(89)74-39(25-33-28-65-29-67-33)52(86)72-40(26-44(62)78)53(87)75-42(56(90)91)24-32-13-6-5-7-14-32/h5-7,13-14,28-31,34-42,46H,8-12,15-27,58-60H2,1-4H3,(H2,61,77)(H2,62,78)(H,65,67)(H,68,81)(H,69,82)(H,70,85)(H,71,83)(H,72,86)(H,73,84)(H,74,89)(H,75,87)(H,76,88)(H,79,80)(H,90,91)(H4,63,64,66)/t34-,35-,36-,37-,38-,39-,40-,41-,42-,46-/m0/s1. The monoisotopic (exact) mass is 1280 g/mol. The van der Waals surface area contributed by atoms with Crippen LogP contribution in [0.4, 0.5) is 0 Å². The topological polar surface area (TPSA) is 591 Å². The van der Waals surface area contributed by atoms with Crippen LogP contribution in [0.1, 0.15) is 122 Å². The number of hydrogen-bond donors (Lipinski definition) is 20. The minimum atomic E-state index is -2.00. The van der Waals surface area contributed by atoms with Crippen molar-refractivity contribution < 1.29 is 72.5 Å². The van der Waals surface area contributed by atoms with Crippen LogP contribution >= 0.6 is 0 Å². The van der Waals surface area contributed by atoms with Crippen molar-refractivity contribution in [3.05, 3.63) is 54.1 Å². The zero-order valence-corrected chi connectivity index (χ0v) is 51.8. The first-order valence-electron chi connectivity index (χ1n) is 30.0. The number of amides is 11. The van der Waals surface area contributed by atoms with E-state index in [9.17, 15) is 72.5 Å². The fourth-order valence-electron chi connectivity index (χ4n) is 9.09. The Morgan fingerprint density at radius 2 is 1.00 bits per heavy atom. The van der Waals surface area contributed by atoms with Crippen LogP contribution in [0.5, 0.6) is 0 Å². The molecule has 91 heavy (non-hydrogen) atoms. The van der Waals surface area contributed by atoms with Gasteiger partial charge < -0.3 is 103 Å². The van der Waals surface area contributed by atoms with Crippen LogP contribution in [-0.2, 0) is 75.2 Å². The molecule has 0 unspecified atom stereocenters. The third kappa shape index (κ3) is 30.6. The van der Waals surface area contributed by atoms with E-state index in [2.05, 4.69) is 63.1 Å². The highest BCUT2D eigenvalue weighted by Crippen LogP contribution is 2.13. The van der Waals surface area contributed by atoms with Crippen molar-refractivity contribution in [3.8, 4) is 0 Å². The van der Waals surface area contributed by atoms with E-state index in [4.69, 9.17) is 39.8 Å². The number of H-pyrrole nitrogens is 1. The summed E-state index contributed by atoms with van der Waals surface area (Å²) in [6.07, 6.45) is 1.32. The van der Waals surface area contributed by atoms with E-state index in [0.717, 1.165) is 0 Å². The van der Waals surface area contributed by atoms with Gasteiger partial charge in [0.2, 0.25) is 65.0 Å². The van der Waals surface area contributed by atoms with Crippen molar-refractivity contribution in [2.45, 2.75) is 184 Å². The molecule has 1 aromatic heterocycles. The van der Waals surface area contributed by atoms with Crippen LogP contribution in [0.2, 0.25) is 0 Å². The van der Waals surface area contributed by atoms with Gasteiger partial charge in [-0.15, -0.1) is 0 Å². The third-order valence-electron chi connectivity index (χ3n) is 14.0. The Bertz CT molecular complexity index is 2750. The van der Waals surface area contributed by atoms with E-state index in [0.29, 0.717) is 37.7 Å². The van der Waals surface area contributed by atoms with E-state index >= 15 is 0 Å². The molecule has 0 aliphatic carbocycles. The van der Waals surface area contributed by atoms with Gasteiger partial charge in [-0.3, -0.25) is 62.9 Å². The number of aromatic amines is 1. The summed E-state index contributed by atoms with van der Waals surface area (Å²) in [6, 6.07) is -7.03. The molecule has 11 amide bonds. The van der Waals surface area contributed by atoms with Gasteiger partial charge in [-0.05, 0) is 94.7 Å². The summed E-state index contributed by atoms with van der Waals surface area (Å²) >= 11 is 0. The first kappa shape index (κ1) is 77.8. The number of primary amides is 2. The maximum Gasteiger partial charge on any atom is 0.326 e. The van der Waals surface area contributed by atoms with Crippen LogP contribution < -0.4 is 87.6 Å². The molecule has 506 valence electrons. The van der Waals surface area contributed by atoms with Gasteiger partial charge in [-0.25, -0.2) is 9.78 Å². The molecular formula is C57H93N19O15. The number of rotatable bonds is 45. The van der Waals surface area contributed by atoms with Crippen molar-refractivity contribution in [2.24, 2.45) is 46.2 Å². The quantitative estimate of drug-likeness (QED) is 0.0167. The summed E-state index contributed by atoms with van der Waals surface area (Å²) < 4.78 is 0. The largest absolute Gasteiger partial charge is 0.481 e. The molecule has 2 rings (SSSR count). The number of nitrogens with one attached hydrogen (secondary N) is 12. The molecule has 0 saturated carbocycles. The average Bonchev–Trinajstić information content (AvgIpc) is 2.30. The number of aromatic nitrogens is 2. The third-order valence-corrected chi connectivity index (χ3v) is 14.0. The molecule has 0 radical (unpaired) electrons. The van der Waals surface area contributed by atoms with E-state index in [-0.39, 0.29) is 75.7 Å². The summed E-state index contributed by atoms with van der Waals surface area (Å²) in [4.78, 5) is 182. The number of carboxylic acids is 2. The Morgan fingerprint density at radius 3 is 1.48 bits per heavy atom. The van der Waals surface area contributed by atoms with Crippen LogP contribution in [0, 0.1) is 17.2 Å². The van der Waals surface area contributed by atoms with E-state index in [1.54, 1.807) is 44.2 Å². The van der Waals surface area contributed by atoms with Crippen LogP contribution in [0.3, 0.4) is 0 Å². The number of carbonyl (C=O) groups is 13. The number of unbranched alkanes of at least 4 members (excludes halogenated alkanes) is 2. The fraction of sp³-hybridized carbons (Fsp3) is 0.596. The van der Waals surface area contributed by atoms with Crippen LogP contribution in [0.25, 0.3) is 0 Å². The lowest BCUT2D eigenvalue weighted by atomic mass is 10.00. The maximum atomic E-state index is 14.3. The average molecular weight is 1280 g/mol. The lowest BCUT2D eigenvalue weighted by molar-refractivity contribution is -0.143. The Kier molecular flexibility index (Phi) is 35.1. The van der Waals surface area contributed by atoms with Gasteiger partial charge in [-0.2, -0.15) is 0 Å². The number of carboxylic acid groups (broad SMARTS) is 2. The zero-order valence-electron chi connectivity index (χ0n) is 51.8. The first-order valence-corrected chi connectivity index (χ1v) is 30.0. The lowest BCUT2D eigenvalue weighted by Gasteiger charge is -2.29. The van der Waals surface area contributed by atoms with Gasteiger partial charge in [0.25, 0.3) is 0 Å². The Hall–Kier alpha value is -9.31. The minimum absolute atomic E-state index is 0.0148. The SMILES string of the molecule is CC(C)C[C@H](NC(=O)[C@H](CCCCN)NC(=O)[C@H](CCCCN)NC(=O)[C@@H](N)CCCNC(=N)N)C(=O)N[C@@H](CCC(N)=O)C(=O)N[C@@H](CC(=O)O)C(=O)N[C@H](C(=O)N[C@@H](Cc1c[nH]cn1)C(=O)N[C@@H](CC(N)=O)C(=O)N[C@@H](Cc1ccccc1)C(=O)O)C(C)C. The maximum absolute atomic E-state index is 14.3. The van der Waals surface area contributed by atoms with E-state index in [1.807, 2.05) is 0 Å². The molecule has 0 saturated heterocycles. The van der Waals surface area contributed by atoms with Gasteiger partial charge in [0.05, 0.1) is 30.9 Å². The summed E-state index contributed by atoms with van der Waals surface area (Å²) in [5, 5.41) is 52.0. The molecule has 0 bridgehead atoms. The molecule has 34 nitrogen and oxygen atoms in total. The lowest BCUT2D eigenvalue weighted by Crippen LogP contribution is -2.61. The van der Waals surface area contributed by atoms with Crippen LogP contribution in [0.15, 0.2) is 42.9 Å². The van der Waals surface area contributed by atoms with E-state index < -0.39 is 169 Å². The highest BCUT2D eigenvalue weighted by molar-refractivity contribution is 6.00. The second kappa shape index (κ2) is 41.1. The van der Waals surface area contributed by atoms with Crippen molar-refractivity contribution >= 4 is 82.9 Å². The molecule has 2 aromatic rings. The molecule has 0 spiro atoms. The number of hydrogen-bond acceptors (Lipinski definition) is 18. The highest BCUT2D eigenvalue weighted by Gasteiger charge is 2.38. The highest BCUT2D eigenvalue weighted by atomic mass is 16.4. The first-order chi connectivity index (χ1) is 43.0. The smallest absolute Gasteiger partial charge is 0.326 e. The van der Waals surface area contributed by atoms with Crippen molar-refractivity contribution in [1.29, 1.82) is 5.41 Å². The van der Waals surface area contributed by atoms with Gasteiger partial charge >= 0.3 is 11.9 Å². The summed E-state index contributed by atoms with van der Waals surface area (Å²) in [7, 11) is 0. The Labute approximate surface area is 526 Å². The van der Waals surface area contributed by atoms with E-state index in [1.165, 1.54) is 26.4 Å². The Morgan fingerprint density at radius 1 is 0.527 bits per heavy atom. The number of nitrogens with two attached hydrogens (primary N) is 6. The number of carbonyl (C=O) groups excluding carboxylic acids is 11. The molecule has 0 aliphatic rings. The van der Waals surface area contributed by atoms with Crippen molar-refractivity contribution in [2.75, 3.05) is 19.6 Å². The number of benzene rings is 1. The molecule has 0 aliphatic heterocycles. The summed E-state index contributed by atoms with van der Waals surface area (Å²) in [5.74, 6) is -15.5. The normalized spacial score (nSPS) is 14.4. The molecule has 0 fully saturated rings. The van der Waals surface area contributed by atoms with Gasteiger partial charge in [0.15, 0.2) is 5.96 Å². The van der Waals surface area contributed by atoms with Gasteiger partial charge in [0, 0.05) is 32.0 Å². The molecule has 34 heteroatoms. The number of aliphatic carboxylic acids is 2. The van der Waals surface area contributed by atoms with Crippen molar-refractivity contribution in [1.82, 2.24) is 63.1 Å². The number of nitrogens with zero attached hydrogens (tertiary/aromatic N) is 1. The molecule has 1 heterocycles. The second-order valence-electron chi connectivity index (χ2n) is 22.6. The molecular weight excluding hydrogens is 1190 g/mol. The number of guanidine groups is 1. The fourth-order valence-corrected chi connectivity index (χ4v) is 9.09. The predicted molar refractivity (Wildman–Crippen MR) is 329 cm³/mol. The minimum Gasteiger partial charge on any atom is -0.481 e. The molecule has 10 atom stereocenters. The second-order valence-corrected chi connectivity index (χ2v) is 22.6. The number of imidazole rings is 1. The van der Waals surface area contributed by atoms with Gasteiger partial charge in [0.1, 0.15) is 54.4 Å². The molecule has 26 N–H and O–H groups in total. The van der Waals surface area contributed by atoms with Crippen LogP contribution in [-0.4, -0.2) is 183 Å². The van der Waals surface area contributed by atoms with Gasteiger partial charge in [-0.1, -0.05) is 58.0 Å². The Balaban J connectivity index is 2.44. The predicted octanol–water partition coefficient (Wildman–Crippen LogP) is -5.19. The molecule has 1 aromatic carbocycles. The summed E-state index contributed by atoms with van der Waals surface area (Å²) in [6.45, 7) is 7.15. The zero-order chi connectivity index (χ0) is 68.3. The summed E-state index contributed by atoms with van der Waals surface area (Å²) in [5.41, 5.74) is 34.5.